The molecule has 6 heteroatoms. The highest BCUT2D eigenvalue weighted by molar-refractivity contribution is 7.98. The summed E-state index contributed by atoms with van der Waals surface area (Å²) in [6.45, 7) is 1.25. The van der Waals surface area contributed by atoms with Crippen LogP contribution in [0, 0.1) is 5.92 Å². The second-order valence-electron chi connectivity index (χ2n) is 5.74. The molecule has 2 unspecified atom stereocenters. The van der Waals surface area contributed by atoms with Crippen LogP contribution < -0.4 is 5.73 Å². The van der Waals surface area contributed by atoms with Gasteiger partial charge in [-0.3, -0.25) is 0 Å². The van der Waals surface area contributed by atoms with E-state index in [1.54, 1.807) is 16.1 Å². The maximum absolute atomic E-state index is 11.7. The standard InChI is InChI=1S/C15H24N2O2S2/c1-20-14-7-5-13(6-8-14)15(16)10-12-4-3-9-17(11-12)21(2,18)19/h5-8,12,15H,3-4,9-11,16H2,1-2H3. The van der Waals surface area contributed by atoms with E-state index in [2.05, 4.69) is 30.5 Å². The van der Waals surface area contributed by atoms with Gasteiger partial charge in [-0.25, -0.2) is 12.7 Å². The van der Waals surface area contributed by atoms with Crippen molar-refractivity contribution < 1.29 is 8.42 Å². The lowest BCUT2D eigenvalue weighted by molar-refractivity contribution is 0.247. The molecule has 2 N–H and O–H groups in total. The van der Waals surface area contributed by atoms with Gasteiger partial charge in [0.15, 0.2) is 0 Å². The summed E-state index contributed by atoms with van der Waals surface area (Å²) in [5, 5.41) is 0. The lowest BCUT2D eigenvalue weighted by Crippen LogP contribution is -2.40. The molecule has 1 fully saturated rings. The number of piperidine rings is 1. The molecule has 0 bridgehead atoms. The number of benzene rings is 1. The first-order valence-corrected chi connectivity index (χ1v) is 10.3. The number of hydrogen-bond acceptors (Lipinski definition) is 4. The third kappa shape index (κ3) is 4.71. The summed E-state index contributed by atoms with van der Waals surface area (Å²) in [6.07, 6.45) is 6.16. The molecule has 0 aliphatic carbocycles. The SMILES string of the molecule is CSc1ccc(C(N)CC2CCCN(S(C)(=O)=O)C2)cc1. The Morgan fingerprint density at radius 1 is 1.38 bits per heavy atom. The Morgan fingerprint density at radius 3 is 2.62 bits per heavy atom. The van der Waals surface area contributed by atoms with Crippen LogP contribution in [0.15, 0.2) is 29.2 Å². The molecule has 1 heterocycles. The normalized spacial score (nSPS) is 22.1. The predicted molar refractivity (Wildman–Crippen MR) is 88.9 cm³/mol. The van der Waals surface area contributed by atoms with E-state index in [1.807, 2.05) is 0 Å². The Morgan fingerprint density at radius 2 is 2.05 bits per heavy atom. The summed E-state index contributed by atoms with van der Waals surface area (Å²) in [5.74, 6) is 0.351. The molecular weight excluding hydrogens is 304 g/mol. The van der Waals surface area contributed by atoms with Crippen molar-refractivity contribution in [1.82, 2.24) is 4.31 Å². The zero-order chi connectivity index (χ0) is 15.5. The first-order chi connectivity index (χ1) is 9.90. The van der Waals surface area contributed by atoms with Gasteiger partial charge in [-0.05, 0) is 49.1 Å². The Labute approximate surface area is 132 Å². The summed E-state index contributed by atoms with van der Waals surface area (Å²) in [4.78, 5) is 1.23. The topological polar surface area (TPSA) is 63.4 Å². The molecule has 1 aromatic rings. The van der Waals surface area contributed by atoms with Gasteiger partial charge in [0.1, 0.15) is 0 Å². The first kappa shape index (κ1) is 16.8. The average Bonchev–Trinajstić information content (AvgIpc) is 2.47. The average molecular weight is 329 g/mol. The van der Waals surface area contributed by atoms with E-state index in [4.69, 9.17) is 5.73 Å². The van der Waals surface area contributed by atoms with Crippen LogP contribution in [0.25, 0.3) is 0 Å². The minimum atomic E-state index is -3.08. The van der Waals surface area contributed by atoms with Crippen LogP contribution >= 0.6 is 11.8 Å². The lowest BCUT2D eigenvalue weighted by atomic mass is 9.90. The predicted octanol–water partition coefficient (Wildman–Crippen LogP) is 2.47. The van der Waals surface area contributed by atoms with Crippen molar-refractivity contribution in [3.8, 4) is 0 Å². The molecule has 0 saturated carbocycles. The van der Waals surface area contributed by atoms with Crippen LogP contribution in [-0.4, -0.2) is 38.3 Å². The monoisotopic (exact) mass is 328 g/mol. The number of hydrogen-bond donors (Lipinski definition) is 1. The molecule has 0 spiro atoms. The van der Waals surface area contributed by atoms with Crippen molar-refractivity contribution in [2.45, 2.75) is 30.2 Å². The fourth-order valence-electron chi connectivity index (χ4n) is 2.87. The van der Waals surface area contributed by atoms with Crippen LogP contribution in [0.4, 0.5) is 0 Å². The fraction of sp³-hybridized carbons (Fsp3) is 0.600. The van der Waals surface area contributed by atoms with Gasteiger partial charge in [0.25, 0.3) is 0 Å². The van der Waals surface area contributed by atoms with Crippen LogP contribution in [0.2, 0.25) is 0 Å². The number of thioether (sulfide) groups is 1. The zero-order valence-electron chi connectivity index (χ0n) is 12.7. The van der Waals surface area contributed by atoms with Crippen molar-refractivity contribution in [1.29, 1.82) is 0 Å². The number of nitrogens with zero attached hydrogens (tertiary/aromatic N) is 1. The maximum atomic E-state index is 11.7. The highest BCUT2D eigenvalue weighted by atomic mass is 32.2. The summed E-state index contributed by atoms with van der Waals surface area (Å²) < 4.78 is 24.9. The fourth-order valence-corrected chi connectivity index (χ4v) is 4.22. The molecule has 2 rings (SSSR count). The maximum Gasteiger partial charge on any atom is 0.211 e. The molecule has 0 amide bonds. The molecule has 1 saturated heterocycles. The van der Waals surface area contributed by atoms with Gasteiger partial charge in [-0.2, -0.15) is 0 Å². The van der Waals surface area contributed by atoms with Gasteiger partial charge in [-0.1, -0.05) is 12.1 Å². The number of rotatable bonds is 5. The number of sulfonamides is 1. The third-order valence-electron chi connectivity index (χ3n) is 4.08. The molecule has 118 valence electrons. The van der Waals surface area contributed by atoms with E-state index >= 15 is 0 Å². The second-order valence-corrected chi connectivity index (χ2v) is 8.61. The van der Waals surface area contributed by atoms with Crippen LogP contribution in [0.3, 0.4) is 0 Å². The summed E-state index contributed by atoms with van der Waals surface area (Å²) in [7, 11) is -3.08. The Balaban J connectivity index is 1.96. The van der Waals surface area contributed by atoms with Gasteiger partial charge < -0.3 is 5.73 Å². The summed E-state index contributed by atoms with van der Waals surface area (Å²) in [5.41, 5.74) is 7.43. The molecule has 0 radical (unpaired) electrons. The molecule has 1 aromatic carbocycles. The van der Waals surface area contributed by atoms with Gasteiger partial charge >= 0.3 is 0 Å². The molecule has 2 atom stereocenters. The third-order valence-corrected chi connectivity index (χ3v) is 6.10. The quantitative estimate of drug-likeness (QED) is 0.844. The second kappa shape index (κ2) is 7.13. The lowest BCUT2D eigenvalue weighted by Gasteiger charge is -2.32. The van der Waals surface area contributed by atoms with Crippen molar-refractivity contribution in [2.24, 2.45) is 11.7 Å². The van der Waals surface area contributed by atoms with E-state index in [-0.39, 0.29) is 6.04 Å². The Hall–Kier alpha value is -0.560. The van der Waals surface area contributed by atoms with Gasteiger partial charge in [-0.15, -0.1) is 11.8 Å². The summed E-state index contributed by atoms with van der Waals surface area (Å²) >= 11 is 1.71. The molecular formula is C15H24N2O2S2. The van der Waals surface area contributed by atoms with Crippen LogP contribution in [0.5, 0.6) is 0 Å². The minimum Gasteiger partial charge on any atom is -0.324 e. The van der Waals surface area contributed by atoms with E-state index < -0.39 is 10.0 Å². The van der Waals surface area contributed by atoms with Gasteiger partial charge in [0.05, 0.1) is 6.26 Å². The van der Waals surface area contributed by atoms with E-state index in [0.29, 0.717) is 19.0 Å². The molecule has 1 aliphatic heterocycles. The van der Waals surface area contributed by atoms with Gasteiger partial charge in [0.2, 0.25) is 10.0 Å². The van der Waals surface area contributed by atoms with Crippen LogP contribution in [0.1, 0.15) is 30.9 Å². The Bertz CT molecular complexity index is 558. The molecule has 21 heavy (non-hydrogen) atoms. The van der Waals surface area contributed by atoms with Crippen LogP contribution in [-0.2, 0) is 10.0 Å². The highest BCUT2D eigenvalue weighted by Gasteiger charge is 2.27. The molecule has 4 nitrogen and oxygen atoms in total. The van der Waals surface area contributed by atoms with Crippen molar-refractivity contribution in [2.75, 3.05) is 25.6 Å². The molecule has 1 aliphatic rings. The Kier molecular flexibility index (Phi) is 5.71. The van der Waals surface area contributed by atoms with Crippen molar-refractivity contribution >= 4 is 21.8 Å². The minimum absolute atomic E-state index is 0.0228. The smallest absolute Gasteiger partial charge is 0.211 e. The summed E-state index contributed by atoms with van der Waals surface area (Å²) in [6, 6.07) is 8.31. The number of nitrogens with two attached hydrogens (primary N) is 1. The van der Waals surface area contributed by atoms with E-state index in [1.165, 1.54) is 11.2 Å². The first-order valence-electron chi connectivity index (χ1n) is 7.25. The highest BCUT2D eigenvalue weighted by Crippen LogP contribution is 2.28. The van der Waals surface area contributed by atoms with Crippen molar-refractivity contribution in [3.05, 3.63) is 29.8 Å². The van der Waals surface area contributed by atoms with Gasteiger partial charge in [0, 0.05) is 24.0 Å². The van der Waals surface area contributed by atoms with Crippen molar-refractivity contribution in [3.63, 3.8) is 0 Å². The largest absolute Gasteiger partial charge is 0.324 e. The van der Waals surface area contributed by atoms with E-state index in [0.717, 1.165) is 24.8 Å². The van der Waals surface area contributed by atoms with E-state index in [9.17, 15) is 8.42 Å². The molecule has 0 aromatic heterocycles. The zero-order valence-corrected chi connectivity index (χ0v) is 14.3.